The number of fused-ring (bicyclic) bond motifs is 2. The lowest BCUT2D eigenvalue weighted by Crippen LogP contribution is -2.55. The van der Waals surface area contributed by atoms with Crippen molar-refractivity contribution in [2.24, 2.45) is 0 Å². The number of nitrogens with zero attached hydrogens (tertiary/aromatic N) is 7. The number of anilines is 1. The molecule has 2 atom stereocenters. The summed E-state index contributed by atoms with van der Waals surface area (Å²) in [6.45, 7) is 4.81. The van der Waals surface area contributed by atoms with Gasteiger partial charge in [-0.1, -0.05) is 6.58 Å². The number of halogens is 3. The molecule has 9 nitrogen and oxygen atoms in total. The van der Waals surface area contributed by atoms with Gasteiger partial charge in [0.05, 0.1) is 23.9 Å². The Morgan fingerprint density at radius 3 is 2.81 bits per heavy atom. The fourth-order valence-corrected chi connectivity index (χ4v) is 6.74. The zero-order chi connectivity index (χ0) is 30.2. The number of aromatic nitrogens is 3. The average molecular weight is 608 g/mol. The highest BCUT2D eigenvalue weighted by molar-refractivity contribution is 7.17. The standard InChI is InChI=1S/C30H28F3N7O2S/c1-17(31)29(41)40-10-9-39(15-20(40)5-7-34)28-23-14-35-25(22-13-19(32)12-18-6-11-43-27(18)22)24(33)26(23)36-30(37-28)42-16-21-4-3-8-38(21)2/h6,11-14,20-21H,1,3-5,8-10,15-16H2,2H3/t20-,21-/m0/s1. The van der Waals surface area contributed by atoms with Crippen LogP contribution in [0.2, 0.25) is 0 Å². The van der Waals surface area contributed by atoms with E-state index < -0.39 is 29.4 Å². The van der Waals surface area contributed by atoms with E-state index in [1.54, 1.807) is 16.3 Å². The number of hydrogen-bond donors (Lipinski definition) is 0. The maximum absolute atomic E-state index is 16.4. The van der Waals surface area contributed by atoms with Crippen LogP contribution in [0.1, 0.15) is 19.3 Å². The van der Waals surface area contributed by atoms with Crippen LogP contribution < -0.4 is 9.64 Å². The number of piperazine rings is 1. The van der Waals surface area contributed by atoms with E-state index in [2.05, 4.69) is 32.5 Å². The lowest BCUT2D eigenvalue weighted by molar-refractivity contribution is -0.131. The van der Waals surface area contributed by atoms with Crippen molar-refractivity contribution in [3.63, 3.8) is 0 Å². The lowest BCUT2D eigenvalue weighted by atomic mass is 10.1. The molecule has 3 aromatic heterocycles. The molecule has 0 aliphatic carbocycles. The number of pyridine rings is 1. The number of likely N-dealkylation sites (N-methyl/N-ethyl adjacent to an activating group) is 1. The van der Waals surface area contributed by atoms with Crippen LogP contribution in [0.25, 0.3) is 32.2 Å². The molecule has 1 amide bonds. The van der Waals surface area contributed by atoms with Crippen LogP contribution in [0.15, 0.2) is 42.2 Å². The predicted molar refractivity (Wildman–Crippen MR) is 157 cm³/mol. The molecule has 2 fully saturated rings. The highest BCUT2D eigenvalue weighted by atomic mass is 32.1. The minimum atomic E-state index is -1.10. The van der Waals surface area contributed by atoms with Gasteiger partial charge in [0.15, 0.2) is 11.6 Å². The average Bonchev–Trinajstić information content (AvgIpc) is 3.64. The first-order valence-corrected chi connectivity index (χ1v) is 14.8. The first kappa shape index (κ1) is 28.8. The van der Waals surface area contributed by atoms with Gasteiger partial charge >= 0.3 is 6.01 Å². The van der Waals surface area contributed by atoms with E-state index in [0.29, 0.717) is 28.1 Å². The third kappa shape index (κ3) is 5.48. The van der Waals surface area contributed by atoms with Gasteiger partial charge in [-0.15, -0.1) is 11.3 Å². The van der Waals surface area contributed by atoms with Gasteiger partial charge in [-0.05, 0) is 55.4 Å². The molecular weight excluding hydrogens is 579 g/mol. The maximum atomic E-state index is 16.4. The third-order valence-corrected chi connectivity index (χ3v) is 9.06. The Morgan fingerprint density at radius 1 is 1.23 bits per heavy atom. The topological polar surface area (TPSA) is 98.5 Å². The summed E-state index contributed by atoms with van der Waals surface area (Å²) in [7, 11) is 2.01. The second-order valence-corrected chi connectivity index (χ2v) is 11.7. The molecule has 5 heterocycles. The Labute approximate surface area is 249 Å². The van der Waals surface area contributed by atoms with Gasteiger partial charge in [-0.2, -0.15) is 15.2 Å². The van der Waals surface area contributed by atoms with Gasteiger partial charge < -0.3 is 19.4 Å². The number of thiophene rings is 1. The third-order valence-electron chi connectivity index (χ3n) is 8.09. The molecular formula is C30H28F3N7O2S. The summed E-state index contributed by atoms with van der Waals surface area (Å²) in [4.78, 5) is 31.2. The van der Waals surface area contributed by atoms with Gasteiger partial charge in [0.2, 0.25) is 0 Å². The van der Waals surface area contributed by atoms with Crippen LogP contribution in [0.3, 0.4) is 0 Å². The van der Waals surface area contributed by atoms with Crippen molar-refractivity contribution >= 4 is 44.1 Å². The summed E-state index contributed by atoms with van der Waals surface area (Å²) in [5, 5.41) is 12.2. The maximum Gasteiger partial charge on any atom is 0.319 e. The second-order valence-electron chi connectivity index (χ2n) is 10.8. The van der Waals surface area contributed by atoms with E-state index in [-0.39, 0.29) is 54.7 Å². The van der Waals surface area contributed by atoms with Crippen molar-refractivity contribution in [2.75, 3.05) is 44.7 Å². The summed E-state index contributed by atoms with van der Waals surface area (Å²) in [6.07, 6.45) is 3.38. The second kappa shape index (κ2) is 11.8. The quantitative estimate of drug-likeness (QED) is 0.269. The lowest BCUT2D eigenvalue weighted by Gasteiger charge is -2.41. The van der Waals surface area contributed by atoms with Crippen molar-refractivity contribution in [1.29, 1.82) is 5.26 Å². The van der Waals surface area contributed by atoms with Crippen molar-refractivity contribution in [2.45, 2.75) is 31.3 Å². The van der Waals surface area contributed by atoms with Crippen LogP contribution in [-0.2, 0) is 4.79 Å². The monoisotopic (exact) mass is 607 g/mol. The van der Waals surface area contributed by atoms with Crippen LogP contribution in [0.5, 0.6) is 6.01 Å². The molecule has 4 aromatic rings. The molecule has 2 aliphatic heterocycles. The molecule has 2 aliphatic rings. The summed E-state index contributed by atoms with van der Waals surface area (Å²) in [6, 6.07) is 5.93. The van der Waals surface area contributed by atoms with Crippen LogP contribution in [0, 0.1) is 23.0 Å². The molecule has 0 radical (unpaired) electrons. The number of nitriles is 1. The smallest absolute Gasteiger partial charge is 0.319 e. The number of carbonyl (C=O) groups excluding carboxylic acids is 1. The van der Waals surface area contributed by atoms with E-state index >= 15 is 4.39 Å². The Kier molecular flexibility index (Phi) is 7.89. The number of hydrogen-bond acceptors (Lipinski definition) is 9. The molecule has 6 rings (SSSR count). The first-order valence-electron chi connectivity index (χ1n) is 13.9. The molecule has 0 N–H and O–H groups in total. The molecule has 0 spiro atoms. The van der Waals surface area contributed by atoms with E-state index in [1.807, 2.05) is 7.05 Å². The molecule has 43 heavy (non-hydrogen) atoms. The van der Waals surface area contributed by atoms with E-state index in [4.69, 9.17) is 4.74 Å². The summed E-state index contributed by atoms with van der Waals surface area (Å²) < 4.78 is 51.4. The predicted octanol–water partition coefficient (Wildman–Crippen LogP) is 5.07. The summed E-state index contributed by atoms with van der Waals surface area (Å²) in [5.41, 5.74) is 0.211. The van der Waals surface area contributed by atoms with E-state index in [9.17, 15) is 18.8 Å². The van der Waals surface area contributed by atoms with Crippen molar-refractivity contribution in [3.8, 4) is 23.3 Å². The fourth-order valence-electron chi connectivity index (χ4n) is 5.85. The van der Waals surface area contributed by atoms with Crippen LogP contribution in [-0.4, -0.2) is 82.6 Å². The molecule has 222 valence electrons. The highest BCUT2D eigenvalue weighted by Gasteiger charge is 2.34. The fraction of sp³-hybridized carbons (Fsp3) is 0.367. The van der Waals surface area contributed by atoms with Gasteiger partial charge in [0.1, 0.15) is 29.5 Å². The van der Waals surface area contributed by atoms with E-state index in [0.717, 1.165) is 19.4 Å². The van der Waals surface area contributed by atoms with Gasteiger partial charge in [0.25, 0.3) is 5.91 Å². The molecule has 0 bridgehead atoms. The largest absolute Gasteiger partial charge is 0.462 e. The van der Waals surface area contributed by atoms with Gasteiger partial charge in [0, 0.05) is 42.1 Å². The summed E-state index contributed by atoms with van der Waals surface area (Å²) >= 11 is 1.36. The molecule has 0 unspecified atom stereocenters. The van der Waals surface area contributed by atoms with E-state index in [1.165, 1.54) is 34.6 Å². The molecule has 2 saturated heterocycles. The zero-order valence-corrected chi connectivity index (χ0v) is 24.2. The Morgan fingerprint density at radius 2 is 2.07 bits per heavy atom. The number of ether oxygens (including phenoxy) is 1. The van der Waals surface area contributed by atoms with Crippen LogP contribution >= 0.6 is 11.3 Å². The van der Waals surface area contributed by atoms with Crippen molar-refractivity contribution < 1.29 is 22.7 Å². The number of benzene rings is 1. The molecule has 13 heteroatoms. The minimum Gasteiger partial charge on any atom is -0.462 e. The normalized spacial score (nSPS) is 19.2. The number of amides is 1. The number of carbonyl (C=O) groups is 1. The van der Waals surface area contributed by atoms with Gasteiger partial charge in [-0.25, -0.2) is 13.2 Å². The molecule has 1 aromatic carbocycles. The molecule has 0 saturated carbocycles. The number of likely N-dealkylation sites (tertiary alicyclic amines) is 1. The Hall–Kier alpha value is -4.28. The minimum absolute atomic E-state index is 0.0353. The SMILES string of the molecule is C=C(F)C(=O)N1CCN(c2nc(OC[C@@H]3CCCN3C)nc3c(F)c(-c4cc(F)cc5ccsc45)ncc23)C[C@@H]1CC#N. The zero-order valence-electron chi connectivity index (χ0n) is 23.4. The summed E-state index contributed by atoms with van der Waals surface area (Å²) in [5.74, 6) is -2.92. The number of rotatable bonds is 7. The van der Waals surface area contributed by atoms with Crippen LogP contribution in [0.4, 0.5) is 19.0 Å². The Bertz CT molecular complexity index is 1770. The first-order chi connectivity index (χ1) is 20.7. The highest BCUT2D eigenvalue weighted by Crippen LogP contribution is 2.37. The van der Waals surface area contributed by atoms with Crippen molar-refractivity contribution in [1.82, 2.24) is 24.8 Å². The van der Waals surface area contributed by atoms with Gasteiger partial charge in [-0.3, -0.25) is 9.78 Å². The Balaban J connectivity index is 1.44. The van der Waals surface area contributed by atoms with Crippen molar-refractivity contribution in [3.05, 3.63) is 53.8 Å².